The van der Waals surface area contributed by atoms with Gasteiger partial charge in [-0.3, -0.25) is 4.99 Å². The number of methoxy groups -OCH3 is 1. The van der Waals surface area contributed by atoms with Crippen LogP contribution in [0.4, 0.5) is 0 Å². The van der Waals surface area contributed by atoms with Crippen molar-refractivity contribution in [2.24, 2.45) is 10.7 Å². The molecule has 0 spiro atoms. The first-order valence-electron chi connectivity index (χ1n) is 4.31. The van der Waals surface area contributed by atoms with E-state index in [1.807, 2.05) is 11.0 Å². The Hall–Kier alpha value is -1.03. The van der Waals surface area contributed by atoms with Gasteiger partial charge in [0.25, 0.3) is 0 Å². The van der Waals surface area contributed by atoms with Crippen LogP contribution in [0.3, 0.4) is 0 Å². The molecular formula is C9H17N3O. The quantitative estimate of drug-likeness (QED) is 0.634. The Morgan fingerprint density at radius 1 is 1.85 bits per heavy atom. The van der Waals surface area contributed by atoms with Crippen LogP contribution in [0.2, 0.25) is 0 Å². The topological polar surface area (TPSA) is 50.8 Å². The number of aliphatic imine (C=N–C) groups is 1. The molecule has 1 atom stereocenters. The third-order valence-corrected chi connectivity index (χ3v) is 2.28. The summed E-state index contributed by atoms with van der Waals surface area (Å²) in [7, 11) is 1.69. The molecule has 1 aliphatic heterocycles. The molecule has 0 saturated carbocycles. The molecule has 0 amide bonds. The number of hydrogen-bond acceptors (Lipinski definition) is 4. The Morgan fingerprint density at radius 3 is 3.08 bits per heavy atom. The summed E-state index contributed by atoms with van der Waals surface area (Å²) in [6, 6.07) is 0. The summed E-state index contributed by atoms with van der Waals surface area (Å²) in [6.45, 7) is 7.82. The molecule has 1 unspecified atom stereocenters. The van der Waals surface area contributed by atoms with E-state index in [0.717, 1.165) is 6.54 Å². The third kappa shape index (κ3) is 1.83. The zero-order valence-electron chi connectivity index (χ0n) is 8.29. The van der Waals surface area contributed by atoms with E-state index in [-0.39, 0.29) is 5.54 Å². The van der Waals surface area contributed by atoms with Gasteiger partial charge in [0.05, 0.1) is 18.7 Å². The molecule has 0 fully saturated rings. The Balaban J connectivity index is 2.72. The van der Waals surface area contributed by atoms with Crippen LogP contribution in [0.1, 0.15) is 6.92 Å². The number of nitrogens with zero attached hydrogens (tertiary/aromatic N) is 2. The summed E-state index contributed by atoms with van der Waals surface area (Å²) in [5.74, 6) is 0.583. The van der Waals surface area contributed by atoms with Gasteiger partial charge < -0.3 is 15.4 Å². The van der Waals surface area contributed by atoms with Crippen molar-refractivity contribution >= 4 is 5.96 Å². The molecule has 0 aromatic carbocycles. The third-order valence-electron chi connectivity index (χ3n) is 2.28. The number of nitrogens with two attached hydrogens (primary N) is 1. The minimum absolute atomic E-state index is 0.104. The SMILES string of the molecule is C=CCN1C(N)=NCC1(C)COC. The van der Waals surface area contributed by atoms with E-state index >= 15 is 0 Å². The van der Waals surface area contributed by atoms with Crippen molar-refractivity contribution in [3.8, 4) is 0 Å². The summed E-state index contributed by atoms with van der Waals surface area (Å²) >= 11 is 0. The first kappa shape index (κ1) is 10.1. The highest BCUT2D eigenvalue weighted by molar-refractivity contribution is 5.81. The second-order valence-electron chi connectivity index (χ2n) is 3.50. The molecule has 1 rings (SSSR count). The van der Waals surface area contributed by atoms with Crippen molar-refractivity contribution in [1.82, 2.24) is 4.90 Å². The second-order valence-corrected chi connectivity index (χ2v) is 3.50. The van der Waals surface area contributed by atoms with Crippen LogP contribution in [0.25, 0.3) is 0 Å². The fraction of sp³-hybridized carbons (Fsp3) is 0.667. The van der Waals surface area contributed by atoms with E-state index in [4.69, 9.17) is 10.5 Å². The van der Waals surface area contributed by atoms with Gasteiger partial charge in [0, 0.05) is 13.7 Å². The van der Waals surface area contributed by atoms with Gasteiger partial charge >= 0.3 is 0 Å². The predicted molar refractivity (Wildman–Crippen MR) is 53.7 cm³/mol. The van der Waals surface area contributed by atoms with E-state index < -0.39 is 0 Å². The van der Waals surface area contributed by atoms with Crippen LogP contribution in [0.5, 0.6) is 0 Å². The smallest absolute Gasteiger partial charge is 0.192 e. The highest BCUT2D eigenvalue weighted by Gasteiger charge is 2.37. The molecule has 0 saturated heterocycles. The molecule has 0 aromatic heterocycles. The molecule has 74 valence electrons. The lowest BCUT2D eigenvalue weighted by atomic mass is 10.0. The zero-order chi connectivity index (χ0) is 9.90. The normalized spacial score (nSPS) is 27.5. The standard InChI is InChI=1S/C9H17N3O/c1-4-5-12-8(10)11-6-9(12,2)7-13-3/h4H,1,5-7H2,2-3H3,(H2,10,11). The minimum Gasteiger partial charge on any atom is -0.382 e. The highest BCUT2D eigenvalue weighted by atomic mass is 16.5. The molecule has 13 heavy (non-hydrogen) atoms. The van der Waals surface area contributed by atoms with Gasteiger partial charge in [0.2, 0.25) is 0 Å². The van der Waals surface area contributed by atoms with E-state index in [1.165, 1.54) is 0 Å². The van der Waals surface area contributed by atoms with Gasteiger partial charge in [-0.05, 0) is 6.92 Å². The lowest BCUT2D eigenvalue weighted by Gasteiger charge is -2.34. The molecule has 1 aliphatic rings. The van der Waals surface area contributed by atoms with Crippen LogP contribution in [0.15, 0.2) is 17.6 Å². The van der Waals surface area contributed by atoms with Crippen molar-refractivity contribution in [3.63, 3.8) is 0 Å². The fourth-order valence-electron chi connectivity index (χ4n) is 1.58. The van der Waals surface area contributed by atoms with Gasteiger partial charge in [-0.1, -0.05) is 6.08 Å². The van der Waals surface area contributed by atoms with Crippen molar-refractivity contribution < 1.29 is 4.74 Å². The summed E-state index contributed by atoms with van der Waals surface area (Å²) in [6.07, 6.45) is 1.82. The molecule has 0 aromatic rings. The van der Waals surface area contributed by atoms with Gasteiger partial charge in [-0.15, -0.1) is 6.58 Å². The summed E-state index contributed by atoms with van der Waals surface area (Å²) in [4.78, 5) is 6.22. The number of hydrogen-bond donors (Lipinski definition) is 1. The van der Waals surface area contributed by atoms with E-state index in [2.05, 4.69) is 18.5 Å². The van der Waals surface area contributed by atoms with Crippen molar-refractivity contribution in [1.29, 1.82) is 0 Å². The van der Waals surface area contributed by atoms with Gasteiger partial charge in [0.15, 0.2) is 5.96 Å². The van der Waals surface area contributed by atoms with Crippen LogP contribution < -0.4 is 5.73 Å². The zero-order valence-corrected chi connectivity index (χ0v) is 8.29. The Kier molecular flexibility index (Phi) is 2.93. The van der Waals surface area contributed by atoms with Gasteiger partial charge in [-0.25, -0.2) is 0 Å². The average molecular weight is 183 g/mol. The molecule has 4 heteroatoms. The maximum Gasteiger partial charge on any atom is 0.192 e. The molecular weight excluding hydrogens is 166 g/mol. The lowest BCUT2D eigenvalue weighted by molar-refractivity contribution is 0.0840. The predicted octanol–water partition coefficient (Wildman–Crippen LogP) is 0.208. The largest absolute Gasteiger partial charge is 0.382 e. The molecule has 0 aliphatic carbocycles. The molecule has 0 bridgehead atoms. The van der Waals surface area contributed by atoms with Crippen molar-refractivity contribution in [2.45, 2.75) is 12.5 Å². The Labute approximate surface area is 79.1 Å². The molecule has 0 radical (unpaired) electrons. The Bertz CT molecular complexity index is 227. The first-order valence-corrected chi connectivity index (χ1v) is 4.31. The highest BCUT2D eigenvalue weighted by Crippen LogP contribution is 2.21. The Morgan fingerprint density at radius 2 is 2.54 bits per heavy atom. The lowest BCUT2D eigenvalue weighted by Crippen LogP contribution is -2.52. The summed E-state index contributed by atoms with van der Waals surface area (Å²) in [5.41, 5.74) is 5.64. The van der Waals surface area contributed by atoms with Gasteiger partial charge in [-0.2, -0.15) is 0 Å². The van der Waals surface area contributed by atoms with E-state index in [0.29, 0.717) is 19.1 Å². The summed E-state index contributed by atoms with van der Waals surface area (Å²) in [5, 5.41) is 0. The fourth-order valence-corrected chi connectivity index (χ4v) is 1.58. The van der Waals surface area contributed by atoms with E-state index in [9.17, 15) is 0 Å². The van der Waals surface area contributed by atoms with Crippen LogP contribution in [-0.4, -0.2) is 43.2 Å². The number of ether oxygens (including phenoxy) is 1. The van der Waals surface area contributed by atoms with E-state index in [1.54, 1.807) is 7.11 Å². The molecule has 2 N–H and O–H groups in total. The monoisotopic (exact) mass is 183 g/mol. The molecule has 1 heterocycles. The first-order chi connectivity index (χ1) is 6.14. The summed E-state index contributed by atoms with van der Waals surface area (Å²) < 4.78 is 5.15. The van der Waals surface area contributed by atoms with Crippen LogP contribution in [0, 0.1) is 0 Å². The average Bonchev–Trinajstić information content (AvgIpc) is 2.34. The van der Waals surface area contributed by atoms with Crippen LogP contribution >= 0.6 is 0 Å². The molecule has 4 nitrogen and oxygen atoms in total. The number of rotatable bonds is 4. The van der Waals surface area contributed by atoms with Crippen molar-refractivity contribution in [3.05, 3.63) is 12.7 Å². The van der Waals surface area contributed by atoms with Crippen molar-refractivity contribution in [2.75, 3.05) is 26.8 Å². The minimum atomic E-state index is -0.104. The maximum atomic E-state index is 5.74. The maximum absolute atomic E-state index is 5.74. The second kappa shape index (κ2) is 3.79. The van der Waals surface area contributed by atoms with Gasteiger partial charge in [0.1, 0.15) is 0 Å². The van der Waals surface area contributed by atoms with Crippen LogP contribution in [-0.2, 0) is 4.74 Å². The number of guanidine groups is 1.